The Labute approximate surface area is 84.8 Å². The minimum atomic E-state index is -0.773. The van der Waals surface area contributed by atoms with Crippen molar-refractivity contribution < 1.29 is 14.6 Å². The summed E-state index contributed by atoms with van der Waals surface area (Å²) in [5.41, 5.74) is 0. The third-order valence-corrected chi connectivity index (χ3v) is 2.87. The number of hydrogen-bond acceptors (Lipinski definition) is 3. The van der Waals surface area contributed by atoms with Crippen molar-refractivity contribution in [2.45, 2.75) is 25.4 Å². The molecular formula is C10H19NO3. The maximum atomic E-state index is 10.6. The van der Waals surface area contributed by atoms with E-state index in [-0.39, 0.29) is 12.5 Å². The van der Waals surface area contributed by atoms with Crippen molar-refractivity contribution in [3.05, 3.63) is 0 Å². The fourth-order valence-corrected chi connectivity index (χ4v) is 2.12. The molecule has 0 saturated carbocycles. The van der Waals surface area contributed by atoms with Gasteiger partial charge in [0, 0.05) is 13.7 Å². The molecule has 0 amide bonds. The summed E-state index contributed by atoms with van der Waals surface area (Å²) in [7, 11) is 3.67. The van der Waals surface area contributed by atoms with Crippen molar-refractivity contribution in [3.63, 3.8) is 0 Å². The molecule has 0 aromatic rings. The molecule has 0 radical (unpaired) electrons. The topological polar surface area (TPSA) is 49.8 Å². The number of rotatable bonds is 4. The van der Waals surface area contributed by atoms with E-state index in [9.17, 15) is 4.79 Å². The number of carboxylic acids is 1. The van der Waals surface area contributed by atoms with Crippen LogP contribution < -0.4 is 0 Å². The average molecular weight is 201 g/mol. The first kappa shape index (κ1) is 11.5. The zero-order valence-electron chi connectivity index (χ0n) is 8.90. The van der Waals surface area contributed by atoms with Gasteiger partial charge in [-0.05, 0) is 32.4 Å². The number of methoxy groups -OCH3 is 1. The van der Waals surface area contributed by atoms with E-state index in [1.807, 2.05) is 0 Å². The second kappa shape index (κ2) is 5.32. The smallest absolute Gasteiger partial charge is 0.305 e. The lowest BCUT2D eigenvalue weighted by Gasteiger charge is -2.33. The molecule has 2 atom stereocenters. The molecule has 1 heterocycles. The van der Waals surface area contributed by atoms with E-state index in [0.29, 0.717) is 5.92 Å². The third-order valence-electron chi connectivity index (χ3n) is 2.87. The van der Waals surface area contributed by atoms with Crippen LogP contribution in [-0.2, 0) is 9.53 Å². The second-order valence-corrected chi connectivity index (χ2v) is 4.04. The van der Waals surface area contributed by atoms with Gasteiger partial charge in [0.15, 0.2) is 0 Å². The van der Waals surface area contributed by atoms with Crippen molar-refractivity contribution in [1.82, 2.24) is 4.90 Å². The number of carbonyl (C=O) groups is 1. The van der Waals surface area contributed by atoms with Gasteiger partial charge in [-0.3, -0.25) is 4.79 Å². The minimum Gasteiger partial charge on any atom is -0.481 e. The fourth-order valence-electron chi connectivity index (χ4n) is 2.12. The number of likely N-dealkylation sites (tertiary alicyclic amines) is 1. The molecule has 0 aliphatic carbocycles. The van der Waals surface area contributed by atoms with Crippen LogP contribution in [0.1, 0.15) is 19.3 Å². The number of hydrogen-bond donors (Lipinski definition) is 1. The molecule has 1 saturated heterocycles. The molecule has 4 heteroatoms. The number of nitrogens with zero attached hydrogens (tertiary/aromatic N) is 1. The lowest BCUT2D eigenvalue weighted by molar-refractivity contribution is -0.141. The van der Waals surface area contributed by atoms with Gasteiger partial charge in [-0.2, -0.15) is 0 Å². The van der Waals surface area contributed by atoms with E-state index in [1.165, 1.54) is 0 Å². The van der Waals surface area contributed by atoms with E-state index in [4.69, 9.17) is 9.84 Å². The number of ether oxygens (including phenoxy) is 1. The lowest BCUT2D eigenvalue weighted by atomic mass is 9.91. The second-order valence-electron chi connectivity index (χ2n) is 4.04. The Kier molecular flexibility index (Phi) is 4.35. The molecule has 1 aliphatic rings. The molecule has 0 spiro atoms. The molecule has 0 aromatic carbocycles. The van der Waals surface area contributed by atoms with Crippen LogP contribution in [0.15, 0.2) is 0 Å². The largest absolute Gasteiger partial charge is 0.481 e. The molecule has 0 bridgehead atoms. The van der Waals surface area contributed by atoms with Crippen LogP contribution in [0.3, 0.4) is 0 Å². The molecule has 2 unspecified atom stereocenters. The first-order valence-corrected chi connectivity index (χ1v) is 5.06. The third kappa shape index (κ3) is 3.27. The van der Waals surface area contributed by atoms with Crippen LogP contribution in [0.5, 0.6) is 0 Å². The monoisotopic (exact) mass is 201 g/mol. The molecule has 0 aromatic heterocycles. The summed E-state index contributed by atoms with van der Waals surface area (Å²) >= 11 is 0. The van der Waals surface area contributed by atoms with Gasteiger partial charge in [0.2, 0.25) is 0 Å². The summed E-state index contributed by atoms with van der Waals surface area (Å²) in [6.07, 6.45) is 2.21. The van der Waals surface area contributed by atoms with Crippen LogP contribution in [0.25, 0.3) is 0 Å². The van der Waals surface area contributed by atoms with Gasteiger partial charge >= 0.3 is 5.97 Å². The fraction of sp³-hybridized carbons (Fsp3) is 0.900. The molecule has 4 nitrogen and oxygen atoms in total. The van der Waals surface area contributed by atoms with Crippen molar-refractivity contribution in [2.24, 2.45) is 5.92 Å². The van der Waals surface area contributed by atoms with Crippen LogP contribution in [-0.4, -0.2) is 49.3 Å². The lowest BCUT2D eigenvalue weighted by Crippen LogP contribution is -2.39. The maximum Gasteiger partial charge on any atom is 0.305 e. The normalized spacial score (nSPS) is 26.0. The summed E-state index contributed by atoms with van der Waals surface area (Å²) < 4.78 is 5.24. The molecule has 1 aliphatic heterocycles. The van der Waals surface area contributed by atoms with E-state index >= 15 is 0 Å². The van der Waals surface area contributed by atoms with Crippen molar-refractivity contribution in [3.8, 4) is 0 Å². The highest BCUT2D eigenvalue weighted by atomic mass is 16.5. The predicted octanol–water partition coefficient (Wildman–Crippen LogP) is 0.818. The Morgan fingerprint density at radius 1 is 1.71 bits per heavy atom. The van der Waals surface area contributed by atoms with Crippen LogP contribution in [0.4, 0.5) is 0 Å². The highest BCUT2D eigenvalue weighted by molar-refractivity contribution is 5.67. The molecule has 1 fully saturated rings. The van der Waals surface area contributed by atoms with E-state index in [1.54, 1.807) is 7.11 Å². The van der Waals surface area contributed by atoms with Gasteiger partial charge in [-0.1, -0.05) is 0 Å². The van der Waals surface area contributed by atoms with Crippen molar-refractivity contribution in [1.29, 1.82) is 0 Å². The standard InChI is InChI=1S/C10H19NO3/c1-11-5-3-4-8(7-11)9(14-2)6-10(12)13/h8-9H,3-7H2,1-2H3,(H,12,13). The summed E-state index contributed by atoms with van der Waals surface area (Å²) in [6, 6.07) is 0. The SMILES string of the molecule is COC(CC(=O)O)C1CCCN(C)C1. The summed E-state index contributed by atoms with van der Waals surface area (Å²) in [6.45, 7) is 2.06. The number of aliphatic carboxylic acids is 1. The molecule has 82 valence electrons. The highest BCUT2D eigenvalue weighted by Gasteiger charge is 2.27. The quantitative estimate of drug-likeness (QED) is 0.731. The summed E-state index contributed by atoms with van der Waals surface area (Å²) in [5, 5.41) is 8.72. The molecule has 1 rings (SSSR count). The Hall–Kier alpha value is -0.610. The van der Waals surface area contributed by atoms with Gasteiger partial charge in [0.1, 0.15) is 0 Å². The van der Waals surface area contributed by atoms with E-state index in [0.717, 1.165) is 25.9 Å². The Morgan fingerprint density at radius 2 is 2.43 bits per heavy atom. The van der Waals surface area contributed by atoms with Gasteiger partial charge in [-0.25, -0.2) is 0 Å². The van der Waals surface area contributed by atoms with Crippen molar-refractivity contribution in [2.75, 3.05) is 27.2 Å². The van der Waals surface area contributed by atoms with E-state index < -0.39 is 5.97 Å². The van der Waals surface area contributed by atoms with E-state index in [2.05, 4.69) is 11.9 Å². The van der Waals surface area contributed by atoms with Gasteiger partial charge in [0.25, 0.3) is 0 Å². The van der Waals surface area contributed by atoms with Crippen LogP contribution in [0, 0.1) is 5.92 Å². The Balaban J connectivity index is 2.46. The average Bonchev–Trinajstić information content (AvgIpc) is 2.14. The molecule has 14 heavy (non-hydrogen) atoms. The molecule has 1 N–H and O–H groups in total. The summed E-state index contributed by atoms with van der Waals surface area (Å²) in [4.78, 5) is 12.8. The minimum absolute atomic E-state index is 0.120. The Morgan fingerprint density at radius 3 is 2.93 bits per heavy atom. The zero-order valence-corrected chi connectivity index (χ0v) is 8.90. The first-order chi connectivity index (χ1) is 6.63. The first-order valence-electron chi connectivity index (χ1n) is 5.06. The Bertz CT molecular complexity index is 196. The predicted molar refractivity (Wildman–Crippen MR) is 53.3 cm³/mol. The number of carboxylic acid groups (broad SMARTS) is 1. The maximum absolute atomic E-state index is 10.6. The summed E-state index contributed by atoms with van der Waals surface area (Å²) in [5.74, 6) is -0.403. The highest BCUT2D eigenvalue weighted by Crippen LogP contribution is 2.22. The van der Waals surface area contributed by atoms with Gasteiger partial charge in [0.05, 0.1) is 12.5 Å². The van der Waals surface area contributed by atoms with Crippen LogP contribution >= 0.6 is 0 Å². The van der Waals surface area contributed by atoms with Gasteiger partial charge in [-0.15, -0.1) is 0 Å². The van der Waals surface area contributed by atoms with Crippen molar-refractivity contribution >= 4 is 5.97 Å². The van der Waals surface area contributed by atoms with Crippen LogP contribution in [0.2, 0.25) is 0 Å². The zero-order chi connectivity index (χ0) is 10.6. The molecular weight excluding hydrogens is 182 g/mol. The number of piperidine rings is 1. The van der Waals surface area contributed by atoms with Gasteiger partial charge < -0.3 is 14.7 Å².